The number of anilines is 1. The van der Waals surface area contributed by atoms with E-state index in [1.165, 1.54) is 24.3 Å². The number of carbonyl (C=O) groups is 2. The number of alkyl halides is 3. The van der Waals surface area contributed by atoms with Gasteiger partial charge < -0.3 is 20.6 Å². The summed E-state index contributed by atoms with van der Waals surface area (Å²) in [6.07, 6.45) is -4.64. The zero-order valence-corrected chi connectivity index (χ0v) is 24.3. The Hall–Kier alpha value is -3.71. The Labute approximate surface area is 251 Å². The Balaban J connectivity index is 1.71. The molecule has 220 valence electrons. The second-order valence-corrected chi connectivity index (χ2v) is 11.1. The number of rotatable bonds is 8. The van der Waals surface area contributed by atoms with Gasteiger partial charge in [-0.3, -0.25) is 9.59 Å². The SMILES string of the molecule is CN(C)Cc1ccc(F)c(-c2nc(C(=O)NCc3ccccc3C(F)(F)F)c(NC(=O)c3cc(Cl)c(O)c(Cl)c3)s2)c1. The maximum absolute atomic E-state index is 14.9. The van der Waals surface area contributed by atoms with Crippen LogP contribution in [0.5, 0.6) is 5.75 Å². The largest absolute Gasteiger partial charge is 0.505 e. The number of benzene rings is 3. The number of aromatic hydroxyl groups is 1. The van der Waals surface area contributed by atoms with E-state index >= 15 is 0 Å². The summed E-state index contributed by atoms with van der Waals surface area (Å²) in [6, 6.07) is 11.5. The van der Waals surface area contributed by atoms with Crippen LogP contribution in [0.4, 0.5) is 22.6 Å². The van der Waals surface area contributed by atoms with E-state index in [1.807, 2.05) is 19.0 Å². The van der Waals surface area contributed by atoms with Crippen LogP contribution in [0.15, 0.2) is 54.6 Å². The molecule has 1 aromatic heterocycles. The summed E-state index contributed by atoms with van der Waals surface area (Å²) in [7, 11) is 3.67. The first-order valence-electron chi connectivity index (χ1n) is 12.1. The molecule has 0 aliphatic rings. The van der Waals surface area contributed by atoms with E-state index in [4.69, 9.17) is 23.2 Å². The number of thiazole rings is 1. The molecule has 0 atom stereocenters. The zero-order chi connectivity index (χ0) is 30.8. The van der Waals surface area contributed by atoms with E-state index in [1.54, 1.807) is 12.1 Å². The average molecular weight is 641 g/mol. The molecule has 0 aliphatic carbocycles. The minimum Gasteiger partial charge on any atom is -0.505 e. The molecule has 0 radical (unpaired) electrons. The van der Waals surface area contributed by atoms with Crippen LogP contribution in [0.25, 0.3) is 10.6 Å². The highest BCUT2D eigenvalue weighted by Crippen LogP contribution is 2.37. The van der Waals surface area contributed by atoms with Crippen LogP contribution in [0.3, 0.4) is 0 Å². The van der Waals surface area contributed by atoms with Crippen molar-refractivity contribution in [1.29, 1.82) is 0 Å². The van der Waals surface area contributed by atoms with Crippen LogP contribution >= 0.6 is 34.5 Å². The fraction of sp³-hybridized carbons (Fsp3) is 0.179. The number of phenolic OH excluding ortho intramolecular Hbond substituents is 1. The number of nitrogens with one attached hydrogen (secondary N) is 2. The second-order valence-electron chi connectivity index (χ2n) is 9.33. The molecule has 3 aromatic carbocycles. The number of aromatic nitrogens is 1. The molecule has 14 heteroatoms. The van der Waals surface area contributed by atoms with E-state index in [2.05, 4.69) is 15.6 Å². The third kappa shape index (κ3) is 7.19. The quantitative estimate of drug-likeness (QED) is 0.177. The lowest BCUT2D eigenvalue weighted by Gasteiger charge is -2.13. The van der Waals surface area contributed by atoms with Gasteiger partial charge in [0.05, 0.1) is 15.6 Å². The van der Waals surface area contributed by atoms with Gasteiger partial charge in [-0.25, -0.2) is 9.37 Å². The van der Waals surface area contributed by atoms with Crippen LogP contribution in [0.2, 0.25) is 10.0 Å². The highest BCUT2D eigenvalue weighted by molar-refractivity contribution is 7.19. The molecule has 4 rings (SSSR count). The van der Waals surface area contributed by atoms with Crippen molar-refractivity contribution in [3.05, 3.63) is 98.4 Å². The molecule has 3 N–H and O–H groups in total. The Kier molecular flexibility index (Phi) is 9.41. The first kappa shape index (κ1) is 31.2. The predicted octanol–water partition coefficient (Wildman–Crippen LogP) is 7.22. The minimum absolute atomic E-state index is 0.0472. The van der Waals surface area contributed by atoms with Crippen molar-refractivity contribution in [3.63, 3.8) is 0 Å². The van der Waals surface area contributed by atoms with Crippen molar-refractivity contribution in [2.24, 2.45) is 0 Å². The lowest BCUT2D eigenvalue weighted by molar-refractivity contribution is -0.138. The molecule has 2 amide bonds. The van der Waals surface area contributed by atoms with E-state index in [9.17, 15) is 32.3 Å². The topological polar surface area (TPSA) is 94.6 Å². The van der Waals surface area contributed by atoms with Crippen molar-refractivity contribution in [2.45, 2.75) is 19.3 Å². The highest BCUT2D eigenvalue weighted by atomic mass is 35.5. The van der Waals surface area contributed by atoms with Crippen LogP contribution in [0, 0.1) is 5.82 Å². The third-order valence-electron chi connectivity index (χ3n) is 5.87. The molecular formula is C28H22Cl2F4N4O3S. The van der Waals surface area contributed by atoms with Gasteiger partial charge in [-0.1, -0.05) is 58.8 Å². The van der Waals surface area contributed by atoms with E-state index < -0.39 is 41.7 Å². The first-order valence-corrected chi connectivity index (χ1v) is 13.7. The van der Waals surface area contributed by atoms with Gasteiger partial charge in [-0.05, 0) is 55.6 Å². The minimum atomic E-state index is -4.64. The summed E-state index contributed by atoms with van der Waals surface area (Å²) in [5, 5.41) is 14.3. The molecule has 0 fully saturated rings. The summed E-state index contributed by atoms with van der Waals surface area (Å²) in [6.45, 7) is -0.0127. The Morgan fingerprint density at radius 3 is 2.33 bits per heavy atom. The molecule has 42 heavy (non-hydrogen) atoms. The van der Waals surface area contributed by atoms with Crippen LogP contribution in [-0.2, 0) is 19.3 Å². The lowest BCUT2D eigenvalue weighted by atomic mass is 10.1. The van der Waals surface area contributed by atoms with Crippen LogP contribution in [0.1, 0.15) is 37.5 Å². The standard InChI is InChI=1S/C28H22Cl2F4N4O3S/c1-38(2)13-14-7-8-21(31)17(9-14)26-36-22(25(41)35-12-15-5-3-4-6-18(15)28(32,33)34)27(42-26)37-24(40)16-10-19(29)23(39)20(30)11-16/h3-11,39H,12-13H2,1-2H3,(H,35,41)(H,37,40). The molecule has 0 saturated heterocycles. The van der Waals surface area contributed by atoms with Gasteiger partial charge in [0, 0.05) is 24.2 Å². The summed E-state index contributed by atoms with van der Waals surface area (Å²) in [5.41, 5.74) is -0.704. The van der Waals surface area contributed by atoms with Crippen molar-refractivity contribution in [3.8, 4) is 16.3 Å². The maximum Gasteiger partial charge on any atom is 0.416 e. The average Bonchev–Trinajstić information content (AvgIpc) is 3.34. The number of nitrogens with zero attached hydrogens (tertiary/aromatic N) is 2. The van der Waals surface area contributed by atoms with Crippen molar-refractivity contribution >= 4 is 51.4 Å². The summed E-state index contributed by atoms with van der Waals surface area (Å²) in [4.78, 5) is 32.4. The third-order valence-corrected chi connectivity index (χ3v) is 7.45. The molecule has 7 nitrogen and oxygen atoms in total. The summed E-state index contributed by atoms with van der Waals surface area (Å²) < 4.78 is 55.2. The van der Waals surface area contributed by atoms with Gasteiger partial charge in [0.1, 0.15) is 15.8 Å². The van der Waals surface area contributed by atoms with Crippen molar-refractivity contribution in [2.75, 3.05) is 19.4 Å². The Morgan fingerprint density at radius 2 is 1.69 bits per heavy atom. The maximum atomic E-state index is 14.9. The molecule has 0 spiro atoms. The monoisotopic (exact) mass is 640 g/mol. The molecule has 0 unspecified atom stereocenters. The van der Waals surface area contributed by atoms with Gasteiger partial charge >= 0.3 is 6.18 Å². The molecule has 0 aliphatic heterocycles. The number of carbonyl (C=O) groups excluding carboxylic acids is 2. The molecular weight excluding hydrogens is 619 g/mol. The Morgan fingerprint density at radius 1 is 1.02 bits per heavy atom. The van der Waals surface area contributed by atoms with E-state index in [-0.39, 0.29) is 42.4 Å². The fourth-order valence-electron chi connectivity index (χ4n) is 3.96. The molecule has 0 bridgehead atoms. The predicted molar refractivity (Wildman–Crippen MR) is 154 cm³/mol. The summed E-state index contributed by atoms with van der Waals surface area (Å²) in [5.74, 6) is -2.75. The van der Waals surface area contributed by atoms with Crippen LogP contribution in [-0.4, -0.2) is 40.9 Å². The number of hydrogen-bond donors (Lipinski definition) is 3. The Bertz CT molecular complexity index is 1640. The number of amides is 2. The van der Waals surface area contributed by atoms with Gasteiger partial charge in [0.15, 0.2) is 11.4 Å². The fourth-order valence-corrected chi connectivity index (χ4v) is 5.42. The van der Waals surface area contributed by atoms with Crippen molar-refractivity contribution < 1.29 is 32.3 Å². The van der Waals surface area contributed by atoms with Gasteiger partial charge in [0.25, 0.3) is 11.8 Å². The van der Waals surface area contributed by atoms with Crippen molar-refractivity contribution in [1.82, 2.24) is 15.2 Å². The first-order chi connectivity index (χ1) is 19.7. The highest BCUT2D eigenvalue weighted by Gasteiger charge is 2.33. The van der Waals surface area contributed by atoms with Crippen LogP contribution < -0.4 is 10.6 Å². The van der Waals surface area contributed by atoms with Gasteiger partial charge in [-0.15, -0.1) is 0 Å². The molecule has 0 saturated carbocycles. The smallest absolute Gasteiger partial charge is 0.416 e. The molecule has 1 heterocycles. The second kappa shape index (κ2) is 12.7. The number of phenols is 1. The number of hydrogen-bond acceptors (Lipinski definition) is 6. The summed E-state index contributed by atoms with van der Waals surface area (Å²) >= 11 is 12.7. The van der Waals surface area contributed by atoms with E-state index in [0.29, 0.717) is 6.54 Å². The van der Waals surface area contributed by atoms with E-state index in [0.717, 1.165) is 35.1 Å². The zero-order valence-electron chi connectivity index (χ0n) is 21.9. The lowest BCUT2D eigenvalue weighted by Crippen LogP contribution is -2.26. The normalized spacial score (nSPS) is 11.5. The van der Waals surface area contributed by atoms with Gasteiger partial charge in [0.2, 0.25) is 0 Å². The number of halogens is 6. The van der Waals surface area contributed by atoms with Gasteiger partial charge in [-0.2, -0.15) is 13.2 Å². The molecule has 4 aromatic rings.